The van der Waals surface area contributed by atoms with E-state index in [1.54, 1.807) is 25.6 Å². The van der Waals surface area contributed by atoms with Crippen LogP contribution in [0.15, 0.2) is 18.2 Å². The third-order valence-corrected chi connectivity index (χ3v) is 3.08. The second kappa shape index (κ2) is 5.13. The van der Waals surface area contributed by atoms with Crippen molar-refractivity contribution in [1.82, 2.24) is 9.78 Å². The fraction of sp³-hybridized carbons (Fsp3) is 0.214. The number of hydrogen-bond acceptors (Lipinski definition) is 3. The molecule has 0 fully saturated rings. The lowest BCUT2D eigenvalue weighted by molar-refractivity contribution is 0.102. The van der Waals surface area contributed by atoms with E-state index in [9.17, 15) is 9.18 Å². The molecule has 1 N–H and O–H groups in total. The number of anilines is 1. The Bertz CT molecular complexity index is 728. The van der Waals surface area contributed by atoms with Crippen molar-refractivity contribution in [2.24, 2.45) is 7.05 Å². The van der Waals surface area contributed by atoms with Gasteiger partial charge in [-0.3, -0.25) is 9.48 Å². The first-order chi connectivity index (χ1) is 9.43. The summed E-state index contributed by atoms with van der Waals surface area (Å²) in [5, 5.41) is 15.3. The van der Waals surface area contributed by atoms with Crippen LogP contribution in [0.3, 0.4) is 0 Å². The normalized spacial score (nSPS) is 10.2. The minimum Gasteiger partial charge on any atom is -0.319 e. The highest BCUT2D eigenvalue weighted by molar-refractivity contribution is 6.05. The van der Waals surface area contributed by atoms with Crippen LogP contribution in [0, 0.1) is 31.0 Å². The Labute approximate surface area is 115 Å². The van der Waals surface area contributed by atoms with Crippen molar-refractivity contribution in [3.05, 3.63) is 46.5 Å². The molecule has 20 heavy (non-hydrogen) atoms. The third kappa shape index (κ3) is 2.38. The standard InChI is InChI=1S/C14H13FN4O/c1-8-13(9(2)19(3)18-8)14(20)17-12-5-4-10(7-16)6-11(12)15/h4-6H,1-3H3,(H,17,20). The molecule has 5 nitrogen and oxygen atoms in total. The number of nitriles is 1. The second-order valence-electron chi connectivity index (χ2n) is 4.43. The van der Waals surface area contributed by atoms with Crippen molar-refractivity contribution in [2.75, 3.05) is 5.32 Å². The lowest BCUT2D eigenvalue weighted by Gasteiger charge is -2.07. The molecule has 0 saturated carbocycles. The molecular weight excluding hydrogens is 259 g/mol. The lowest BCUT2D eigenvalue weighted by Crippen LogP contribution is -2.15. The van der Waals surface area contributed by atoms with E-state index in [0.29, 0.717) is 17.0 Å². The monoisotopic (exact) mass is 272 g/mol. The zero-order chi connectivity index (χ0) is 14.9. The van der Waals surface area contributed by atoms with Gasteiger partial charge in [-0.2, -0.15) is 10.4 Å². The van der Waals surface area contributed by atoms with E-state index in [4.69, 9.17) is 5.26 Å². The molecule has 1 amide bonds. The van der Waals surface area contributed by atoms with E-state index in [1.165, 1.54) is 12.1 Å². The van der Waals surface area contributed by atoms with Crippen molar-refractivity contribution < 1.29 is 9.18 Å². The van der Waals surface area contributed by atoms with Crippen molar-refractivity contribution in [3.8, 4) is 6.07 Å². The van der Waals surface area contributed by atoms with Gasteiger partial charge in [0.05, 0.1) is 28.6 Å². The molecule has 0 radical (unpaired) electrons. The number of carbonyl (C=O) groups is 1. The topological polar surface area (TPSA) is 70.7 Å². The molecule has 1 heterocycles. The second-order valence-corrected chi connectivity index (χ2v) is 4.43. The molecule has 0 atom stereocenters. The SMILES string of the molecule is Cc1nn(C)c(C)c1C(=O)Nc1ccc(C#N)cc1F. The van der Waals surface area contributed by atoms with E-state index in [2.05, 4.69) is 10.4 Å². The molecule has 1 aromatic carbocycles. The van der Waals surface area contributed by atoms with Crippen LogP contribution in [-0.4, -0.2) is 15.7 Å². The Balaban J connectivity index is 2.31. The van der Waals surface area contributed by atoms with Crippen molar-refractivity contribution in [1.29, 1.82) is 5.26 Å². The van der Waals surface area contributed by atoms with Crippen LogP contribution < -0.4 is 5.32 Å². The largest absolute Gasteiger partial charge is 0.319 e. The van der Waals surface area contributed by atoms with E-state index >= 15 is 0 Å². The van der Waals surface area contributed by atoms with Gasteiger partial charge >= 0.3 is 0 Å². The Morgan fingerprint density at radius 3 is 2.65 bits per heavy atom. The van der Waals surface area contributed by atoms with Gasteiger partial charge in [0, 0.05) is 12.7 Å². The van der Waals surface area contributed by atoms with Gasteiger partial charge in [0.2, 0.25) is 0 Å². The Hall–Kier alpha value is -2.68. The number of halogens is 1. The van der Waals surface area contributed by atoms with Gasteiger partial charge in [0.15, 0.2) is 0 Å². The summed E-state index contributed by atoms with van der Waals surface area (Å²) in [5.74, 6) is -1.06. The first-order valence-electron chi connectivity index (χ1n) is 5.95. The molecule has 0 aliphatic heterocycles. The van der Waals surface area contributed by atoms with Gasteiger partial charge in [-0.05, 0) is 32.0 Å². The van der Waals surface area contributed by atoms with E-state index in [1.807, 2.05) is 6.07 Å². The highest BCUT2D eigenvalue weighted by Crippen LogP contribution is 2.18. The minimum atomic E-state index is -0.642. The maximum atomic E-state index is 13.7. The van der Waals surface area contributed by atoms with E-state index in [0.717, 1.165) is 6.07 Å². The molecule has 2 aromatic rings. The molecule has 0 bridgehead atoms. The fourth-order valence-corrected chi connectivity index (χ4v) is 1.97. The summed E-state index contributed by atoms with van der Waals surface area (Å²) in [6.45, 7) is 3.49. The summed E-state index contributed by atoms with van der Waals surface area (Å²) < 4.78 is 15.3. The van der Waals surface area contributed by atoms with Crippen LogP contribution in [0.4, 0.5) is 10.1 Å². The number of hydrogen-bond donors (Lipinski definition) is 1. The third-order valence-electron chi connectivity index (χ3n) is 3.08. The number of nitrogens with zero attached hydrogens (tertiary/aromatic N) is 3. The van der Waals surface area contributed by atoms with Gasteiger partial charge in [0.25, 0.3) is 5.91 Å². The molecule has 6 heteroatoms. The Morgan fingerprint density at radius 2 is 2.15 bits per heavy atom. The zero-order valence-corrected chi connectivity index (χ0v) is 11.4. The molecular formula is C14H13FN4O. The van der Waals surface area contributed by atoms with Crippen molar-refractivity contribution >= 4 is 11.6 Å². The van der Waals surface area contributed by atoms with Crippen LogP contribution in [0.1, 0.15) is 27.3 Å². The van der Waals surface area contributed by atoms with Gasteiger partial charge in [0.1, 0.15) is 5.82 Å². The minimum absolute atomic E-state index is 0.0386. The maximum Gasteiger partial charge on any atom is 0.259 e. The van der Waals surface area contributed by atoms with Gasteiger partial charge in [-0.25, -0.2) is 4.39 Å². The summed E-state index contributed by atoms with van der Waals surface area (Å²) in [4.78, 5) is 12.2. The lowest BCUT2D eigenvalue weighted by atomic mass is 10.1. The molecule has 102 valence electrons. The molecule has 0 aliphatic rings. The predicted octanol–water partition coefficient (Wildman–Crippen LogP) is 2.30. The first kappa shape index (κ1) is 13.7. The van der Waals surface area contributed by atoms with Crippen LogP contribution in [0.5, 0.6) is 0 Å². The maximum absolute atomic E-state index is 13.7. The van der Waals surface area contributed by atoms with Gasteiger partial charge in [-0.15, -0.1) is 0 Å². The number of aromatic nitrogens is 2. The van der Waals surface area contributed by atoms with Crippen LogP contribution in [0.25, 0.3) is 0 Å². The summed E-state index contributed by atoms with van der Waals surface area (Å²) in [5.41, 5.74) is 1.95. The summed E-state index contributed by atoms with van der Waals surface area (Å²) in [6.07, 6.45) is 0. The molecule has 0 aliphatic carbocycles. The van der Waals surface area contributed by atoms with Crippen molar-refractivity contribution in [2.45, 2.75) is 13.8 Å². The van der Waals surface area contributed by atoms with Gasteiger partial charge in [-0.1, -0.05) is 0 Å². The average molecular weight is 272 g/mol. The van der Waals surface area contributed by atoms with Crippen LogP contribution in [-0.2, 0) is 7.05 Å². The fourth-order valence-electron chi connectivity index (χ4n) is 1.97. The Kier molecular flexibility index (Phi) is 3.53. The quantitative estimate of drug-likeness (QED) is 0.911. The highest BCUT2D eigenvalue weighted by atomic mass is 19.1. The highest BCUT2D eigenvalue weighted by Gasteiger charge is 2.18. The number of rotatable bonds is 2. The predicted molar refractivity (Wildman–Crippen MR) is 71.8 cm³/mol. The number of aryl methyl sites for hydroxylation is 2. The first-order valence-corrected chi connectivity index (χ1v) is 5.95. The van der Waals surface area contributed by atoms with Gasteiger partial charge < -0.3 is 5.32 Å². The number of benzene rings is 1. The molecule has 1 aromatic heterocycles. The van der Waals surface area contributed by atoms with E-state index < -0.39 is 11.7 Å². The molecule has 2 rings (SSSR count). The average Bonchev–Trinajstić information content (AvgIpc) is 2.65. The molecule has 0 saturated heterocycles. The smallest absolute Gasteiger partial charge is 0.259 e. The van der Waals surface area contributed by atoms with E-state index in [-0.39, 0.29) is 11.3 Å². The molecule has 0 spiro atoms. The number of amides is 1. The summed E-state index contributed by atoms with van der Waals surface area (Å²) >= 11 is 0. The van der Waals surface area contributed by atoms with Crippen LogP contribution >= 0.6 is 0 Å². The van der Waals surface area contributed by atoms with Crippen LogP contribution in [0.2, 0.25) is 0 Å². The zero-order valence-electron chi connectivity index (χ0n) is 11.4. The number of nitrogens with one attached hydrogen (secondary N) is 1. The summed E-state index contributed by atoms with van der Waals surface area (Å²) in [7, 11) is 1.74. The Morgan fingerprint density at radius 1 is 1.45 bits per heavy atom. The summed E-state index contributed by atoms with van der Waals surface area (Å²) in [6, 6.07) is 5.73. The van der Waals surface area contributed by atoms with Crippen molar-refractivity contribution in [3.63, 3.8) is 0 Å². The number of carbonyl (C=O) groups excluding carboxylic acids is 1. The molecule has 0 unspecified atom stereocenters.